The number of ether oxygens (including phenoxy) is 2. The van der Waals surface area contributed by atoms with Gasteiger partial charge >= 0.3 is 0 Å². The predicted molar refractivity (Wildman–Crippen MR) is 146 cm³/mol. The summed E-state index contributed by atoms with van der Waals surface area (Å²) in [6.45, 7) is 5.34. The van der Waals surface area contributed by atoms with E-state index in [4.69, 9.17) is 14.5 Å². The lowest BCUT2D eigenvalue weighted by molar-refractivity contribution is 0.0986. The van der Waals surface area contributed by atoms with Crippen LogP contribution < -0.4 is 24.6 Å². The van der Waals surface area contributed by atoms with Gasteiger partial charge in [-0.2, -0.15) is 4.98 Å². The zero-order valence-electron chi connectivity index (χ0n) is 21.1. The number of nitrogens with one attached hydrogen (secondary N) is 1. The standard InChI is InChI=1S/C29H29N5O3/c1-4-36-25-16-15-21(17-26(25)37-5-2)31-29-30-18-24-27(32-29)33(3)23-14-10-9-13-22(23)28(35)34(24)19-20-11-7-6-8-12-20/h6-18H,4-5,19H2,1-3H3,(H,30,31,32). The van der Waals surface area contributed by atoms with Gasteiger partial charge in [-0.05, 0) is 43.7 Å². The van der Waals surface area contributed by atoms with Gasteiger partial charge in [0.2, 0.25) is 5.95 Å². The van der Waals surface area contributed by atoms with Crippen LogP contribution in [0, 0.1) is 0 Å². The van der Waals surface area contributed by atoms with Crippen LogP contribution in [0.2, 0.25) is 0 Å². The van der Waals surface area contributed by atoms with Crippen LogP contribution in [-0.2, 0) is 6.54 Å². The van der Waals surface area contributed by atoms with Gasteiger partial charge in [-0.25, -0.2) is 4.98 Å². The zero-order valence-corrected chi connectivity index (χ0v) is 21.1. The number of para-hydroxylation sites is 1. The minimum absolute atomic E-state index is 0.0952. The molecule has 8 heteroatoms. The van der Waals surface area contributed by atoms with Crippen LogP contribution >= 0.6 is 0 Å². The maximum Gasteiger partial charge on any atom is 0.260 e. The van der Waals surface area contributed by atoms with Crippen LogP contribution in [0.1, 0.15) is 29.8 Å². The second-order valence-corrected chi connectivity index (χ2v) is 8.51. The summed E-state index contributed by atoms with van der Waals surface area (Å²) >= 11 is 0. The molecule has 3 aromatic carbocycles. The smallest absolute Gasteiger partial charge is 0.260 e. The molecule has 1 N–H and O–H groups in total. The Balaban J connectivity index is 1.54. The van der Waals surface area contributed by atoms with E-state index in [1.54, 1.807) is 11.1 Å². The van der Waals surface area contributed by atoms with Crippen molar-refractivity contribution < 1.29 is 14.3 Å². The molecule has 0 bridgehead atoms. The summed E-state index contributed by atoms with van der Waals surface area (Å²) in [7, 11) is 1.91. The Bertz CT molecular complexity index is 1410. The van der Waals surface area contributed by atoms with Crippen LogP contribution in [-0.4, -0.2) is 36.1 Å². The van der Waals surface area contributed by atoms with Gasteiger partial charge in [-0.1, -0.05) is 42.5 Å². The fourth-order valence-corrected chi connectivity index (χ4v) is 4.36. The van der Waals surface area contributed by atoms with Gasteiger partial charge in [0.15, 0.2) is 17.3 Å². The van der Waals surface area contributed by atoms with E-state index >= 15 is 0 Å². The van der Waals surface area contributed by atoms with E-state index in [1.165, 1.54) is 0 Å². The summed E-state index contributed by atoms with van der Waals surface area (Å²) in [5.74, 6) is 2.27. The summed E-state index contributed by atoms with van der Waals surface area (Å²) in [6.07, 6.45) is 1.70. The molecule has 5 rings (SSSR count). The second kappa shape index (κ2) is 10.6. The molecule has 8 nitrogen and oxygen atoms in total. The Hall–Kier alpha value is -4.59. The number of benzene rings is 3. The first-order chi connectivity index (χ1) is 18.1. The molecule has 0 spiro atoms. The van der Waals surface area contributed by atoms with Crippen LogP contribution in [0.25, 0.3) is 0 Å². The molecule has 0 aliphatic carbocycles. The van der Waals surface area contributed by atoms with Gasteiger partial charge < -0.3 is 19.7 Å². The Morgan fingerprint density at radius 1 is 0.865 bits per heavy atom. The van der Waals surface area contributed by atoms with E-state index in [0.717, 1.165) is 16.9 Å². The monoisotopic (exact) mass is 495 g/mol. The van der Waals surface area contributed by atoms with Crippen molar-refractivity contribution in [2.24, 2.45) is 0 Å². The zero-order chi connectivity index (χ0) is 25.8. The lowest BCUT2D eigenvalue weighted by atomic mass is 10.1. The highest BCUT2D eigenvalue weighted by Crippen LogP contribution is 2.39. The van der Waals surface area contributed by atoms with Crippen molar-refractivity contribution in [3.63, 3.8) is 0 Å². The Morgan fingerprint density at radius 3 is 2.38 bits per heavy atom. The van der Waals surface area contributed by atoms with Gasteiger partial charge in [0, 0.05) is 18.8 Å². The predicted octanol–water partition coefficient (Wildman–Crippen LogP) is 5.95. The molecule has 188 valence electrons. The second-order valence-electron chi connectivity index (χ2n) is 8.51. The first-order valence-corrected chi connectivity index (χ1v) is 12.3. The molecule has 4 aromatic rings. The lowest BCUT2D eigenvalue weighted by Crippen LogP contribution is -2.30. The third-order valence-corrected chi connectivity index (χ3v) is 6.08. The minimum Gasteiger partial charge on any atom is -0.490 e. The van der Waals surface area contributed by atoms with Crippen molar-refractivity contribution in [1.82, 2.24) is 9.97 Å². The summed E-state index contributed by atoms with van der Waals surface area (Å²) in [4.78, 5) is 26.8. The maximum absolute atomic E-state index is 13.7. The molecule has 0 saturated heterocycles. The number of carbonyl (C=O) groups is 1. The number of anilines is 5. The van der Waals surface area contributed by atoms with Crippen molar-refractivity contribution in [3.8, 4) is 11.5 Å². The first-order valence-electron chi connectivity index (χ1n) is 12.3. The Labute approximate surface area is 216 Å². The van der Waals surface area contributed by atoms with Crippen molar-refractivity contribution in [2.75, 3.05) is 35.4 Å². The third kappa shape index (κ3) is 4.91. The summed E-state index contributed by atoms with van der Waals surface area (Å²) < 4.78 is 11.4. The summed E-state index contributed by atoms with van der Waals surface area (Å²) in [5, 5.41) is 3.27. The number of hydrogen-bond acceptors (Lipinski definition) is 7. The maximum atomic E-state index is 13.7. The van der Waals surface area contributed by atoms with Crippen LogP contribution in [0.4, 0.5) is 28.8 Å². The van der Waals surface area contributed by atoms with Gasteiger partial charge in [0.25, 0.3) is 5.91 Å². The molecule has 0 unspecified atom stereocenters. The molecule has 0 atom stereocenters. The van der Waals surface area contributed by atoms with Crippen LogP contribution in [0.5, 0.6) is 11.5 Å². The summed E-state index contributed by atoms with van der Waals surface area (Å²) in [6, 6.07) is 23.1. The molecular weight excluding hydrogens is 466 g/mol. The number of rotatable bonds is 8. The quantitative estimate of drug-likeness (QED) is 0.324. The Morgan fingerprint density at radius 2 is 1.59 bits per heavy atom. The van der Waals surface area contributed by atoms with E-state index in [-0.39, 0.29) is 5.91 Å². The van der Waals surface area contributed by atoms with E-state index in [0.29, 0.717) is 54.3 Å². The average molecular weight is 496 g/mol. The highest BCUT2D eigenvalue weighted by atomic mass is 16.5. The molecule has 1 amide bonds. The van der Waals surface area contributed by atoms with Gasteiger partial charge in [0.05, 0.1) is 37.2 Å². The number of hydrogen-bond donors (Lipinski definition) is 1. The number of nitrogens with zero attached hydrogens (tertiary/aromatic N) is 4. The number of amides is 1. The number of aromatic nitrogens is 2. The van der Waals surface area contributed by atoms with Crippen molar-refractivity contribution in [2.45, 2.75) is 20.4 Å². The Kier molecular flexibility index (Phi) is 6.89. The van der Waals surface area contributed by atoms with Crippen molar-refractivity contribution >= 4 is 34.7 Å². The van der Waals surface area contributed by atoms with Crippen molar-refractivity contribution in [3.05, 3.63) is 90.1 Å². The van der Waals surface area contributed by atoms with E-state index < -0.39 is 0 Å². The molecule has 37 heavy (non-hydrogen) atoms. The highest BCUT2D eigenvalue weighted by Gasteiger charge is 2.31. The fourth-order valence-electron chi connectivity index (χ4n) is 4.36. The van der Waals surface area contributed by atoms with Gasteiger partial charge in [-0.15, -0.1) is 0 Å². The molecule has 0 fully saturated rings. The van der Waals surface area contributed by atoms with Gasteiger partial charge in [-0.3, -0.25) is 9.69 Å². The normalized spacial score (nSPS) is 12.5. The SMILES string of the molecule is CCOc1ccc(Nc2ncc3c(n2)N(C)c2ccccc2C(=O)N3Cc2ccccc2)cc1OCC. The van der Waals surface area contributed by atoms with Crippen molar-refractivity contribution in [1.29, 1.82) is 0 Å². The number of fused-ring (bicyclic) bond motifs is 2. The van der Waals surface area contributed by atoms with Crippen LogP contribution in [0.15, 0.2) is 79.0 Å². The number of carbonyl (C=O) groups excluding carboxylic acids is 1. The topological polar surface area (TPSA) is 79.8 Å². The average Bonchev–Trinajstić information content (AvgIpc) is 3.01. The molecule has 0 saturated carbocycles. The fraction of sp³-hybridized carbons (Fsp3) is 0.207. The van der Waals surface area contributed by atoms with E-state index in [9.17, 15) is 4.79 Å². The molecule has 1 aliphatic rings. The first kappa shape index (κ1) is 24.1. The molecule has 2 heterocycles. The lowest BCUT2D eigenvalue weighted by Gasteiger charge is -2.24. The highest BCUT2D eigenvalue weighted by molar-refractivity contribution is 6.13. The third-order valence-electron chi connectivity index (χ3n) is 6.08. The van der Waals surface area contributed by atoms with Gasteiger partial charge in [0.1, 0.15) is 5.69 Å². The molecule has 0 radical (unpaired) electrons. The molecule has 1 aliphatic heterocycles. The van der Waals surface area contributed by atoms with E-state index in [1.807, 2.05) is 98.6 Å². The van der Waals surface area contributed by atoms with Crippen LogP contribution in [0.3, 0.4) is 0 Å². The van der Waals surface area contributed by atoms with E-state index in [2.05, 4.69) is 10.3 Å². The molecular formula is C29H29N5O3. The largest absolute Gasteiger partial charge is 0.490 e. The minimum atomic E-state index is -0.0952. The molecule has 1 aromatic heterocycles. The summed E-state index contributed by atoms with van der Waals surface area (Å²) in [5.41, 5.74) is 3.82.